The van der Waals surface area contributed by atoms with Crippen LogP contribution in [0.5, 0.6) is 0 Å². The Bertz CT molecular complexity index is 314. The number of carboxylic acid groups (broad SMARTS) is 1. The van der Waals surface area contributed by atoms with E-state index in [0.717, 1.165) is 25.7 Å². The van der Waals surface area contributed by atoms with Crippen molar-refractivity contribution in [2.24, 2.45) is 0 Å². The second kappa shape index (κ2) is 7.33. The maximum Gasteiger partial charge on any atom is 0.317 e. The molecule has 0 aromatic carbocycles. The highest BCUT2D eigenvalue weighted by Crippen LogP contribution is 2.33. The van der Waals surface area contributed by atoms with Gasteiger partial charge in [0.15, 0.2) is 0 Å². The number of amides is 2. The third-order valence-corrected chi connectivity index (χ3v) is 3.59. The standard InChI is InChI=1S/C13H24N2O4/c1-3-6-13(10-19-2)7-4-9-15(13)12(18)14-8-5-11(16)17/h3-10H2,1-2H3,(H,14,18)(H,16,17). The summed E-state index contributed by atoms with van der Waals surface area (Å²) in [5.74, 6) is -0.904. The molecule has 1 fully saturated rings. The van der Waals surface area contributed by atoms with Crippen LogP contribution >= 0.6 is 0 Å². The first-order valence-corrected chi connectivity index (χ1v) is 6.82. The minimum absolute atomic E-state index is 0.0510. The molecule has 1 saturated heterocycles. The summed E-state index contributed by atoms with van der Waals surface area (Å²) in [4.78, 5) is 24.4. The number of carbonyl (C=O) groups is 2. The fourth-order valence-corrected chi connectivity index (χ4v) is 2.84. The predicted molar refractivity (Wildman–Crippen MR) is 71.1 cm³/mol. The van der Waals surface area contributed by atoms with Gasteiger partial charge in [-0.3, -0.25) is 4.79 Å². The van der Waals surface area contributed by atoms with Gasteiger partial charge in [0.25, 0.3) is 0 Å². The third-order valence-electron chi connectivity index (χ3n) is 3.59. The molecule has 0 saturated carbocycles. The van der Waals surface area contributed by atoms with Crippen molar-refractivity contribution >= 4 is 12.0 Å². The van der Waals surface area contributed by atoms with E-state index in [4.69, 9.17) is 9.84 Å². The maximum absolute atomic E-state index is 12.2. The Labute approximate surface area is 114 Å². The van der Waals surface area contributed by atoms with Crippen molar-refractivity contribution < 1.29 is 19.4 Å². The Hall–Kier alpha value is -1.30. The normalized spacial score (nSPS) is 22.5. The summed E-state index contributed by atoms with van der Waals surface area (Å²) in [7, 11) is 1.65. The van der Waals surface area contributed by atoms with Crippen LogP contribution < -0.4 is 5.32 Å². The van der Waals surface area contributed by atoms with E-state index in [1.807, 2.05) is 4.90 Å². The van der Waals surface area contributed by atoms with Gasteiger partial charge in [-0.1, -0.05) is 13.3 Å². The van der Waals surface area contributed by atoms with E-state index in [9.17, 15) is 9.59 Å². The predicted octanol–water partition coefficient (Wildman–Crippen LogP) is 1.45. The number of nitrogens with zero attached hydrogens (tertiary/aromatic N) is 1. The maximum atomic E-state index is 12.2. The molecule has 1 atom stereocenters. The smallest absolute Gasteiger partial charge is 0.317 e. The lowest BCUT2D eigenvalue weighted by atomic mass is 9.91. The summed E-state index contributed by atoms with van der Waals surface area (Å²) in [5, 5.41) is 11.3. The molecule has 0 radical (unpaired) electrons. The highest BCUT2D eigenvalue weighted by atomic mass is 16.5. The molecule has 2 amide bonds. The van der Waals surface area contributed by atoms with Crippen LogP contribution in [0.25, 0.3) is 0 Å². The van der Waals surface area contributed by atoms with Gasteiger partial charge < -0.3 is 20.1 Å². The number of urea groups is 1. The number of carboxylic acids is 1. The number of methoxy groups -OCH3 is 1. The molecule has 6 heteroatoms. The molecular weight excluding hydrogens is 248 g/mol. The van der Waals surface area contributed by atoms with E-state index in [-0.39, 0.29) is 24.5 Å². The van der Waals surface area contributed by atoms with E-state index in [2.05, 4.69) is 12.2 Å². The lowest BCUT2D eigenvalue weighted by Gasteiger charge is -2.38. The van der Waals surface area contributed by atoms with Gasteiger partial charge in [-0.25, -0.2) is 4.79 Å². The molecule has 2 N–H and O–H groups in total. The van der Waals surface area contributed by atoms with E-state index < -0.39 is 5.97 Å². The molecule has 0 aliphatic carbocycles. The van der Waals surface area contributed by atoms with Crippen LogP contribution in [0, 0.1) is 0 Å². The van der Waals surface area contributed by atoms with Gasteiger partial charge in [-0.2, -0.15) is 0 Å². The quantitative estimate of drug-likeness (QED) is 0.735. The van der Waals surface area contributed by atoms with Crippen LogP contribution in [0.2, 0.25) is 0 Å². The van der Waals surface area contributed by atoms with Crippen LogP contribution in [0.15, 0.2) is 0 Å². The molecule has 1 aliphatic heterocycles. The molecule has 0 spiro atoms. The minimum atomic E-state index is -0.904. The van der Waals surface area contributed by atoms with Gasteiger partial charge in [-0.15, -0.1) is 0 Å². The Kier molecular flexibility index (Phi) is 6.08. The largest absolute Gasteiger partial charge is 0.481 e. The summed E-state index contributed by atoms with van der Waals surface area (Å²) < 4.78 is 5.29. The molecule has 1 heterocycles. The van der Waals surface area contributed by atoms with Crippen LogP contribution in [0.3, 0.4) is 0 Å². The van der Waals surface area contributed by atoms with Gasteiger partial charge in [0.05, 0.1) is 18.6 Å². The van der Waals surface area contributed by atoms with Gasteiger partial charge >= 0.3 is 12.0 Å². The van der Waals surface area contributed by atoms with E-state index in [1.165, 1.54) is 0 Å². The van der Waals surface area contributed by atoms with Crippen molar-refractivity contribution in [1.29, 1.82) is 0 Å². The zero-order valence-electron chi connectivity index (χ0n) is 11.8. The monoisotopic (exact) mass is 272 g/mol. The molecule has 1 rings (SSSR count). The van der Waals surface area contributed by atoms with Crippen LogP contribution in [-0.4, -0.2) is 54.4 Å². The van der Waals surface area contributed by atoms with E-state index in [1.54, 1.807) is 7.11 Å². The van der Waals surface area contributed by atoms with Crippen molar-refractivity contribution in [3.8, 4) is 0 Å². The lowest BCUT2D eigenvalue weighted by Crippen LogP contribution is -2.54. The fraction of sp³-hybridized carbons (Fsp3) is 0.846. The van der Waals surface area contributed by atoms with Gasteiger partial charge in [0.2, 0.25) is 0 Å². The van der Waals surface area contributed by atoms with E-state index in [0.29, 0.717) is 13.2 Å². The molecule has 0 bridgehead atoms. The minimum Gasteiger partial charge on any atom is -0.481 e. The summed E-state index contributed by atoms with van der Waals surface area (Å²) in [6.07, 6.45) is 3.76. The molecule has 19 heavy (non-hydrogen) atoms. The Morgan fingerprint density at radius 1 is 1.47 bits per heavy atom. The highest BCUT2D eigenvalue weighted by molar-refractivity contribution is 5.76. The Morgan fingerprint density at radius 2 is 2.21 bits per heavy atom. The van der Waals surface area contributed by atoms with Crippen molar-refractivity contribution in [2.45, 2.75) is 44.6 Å². The number of rotatable bonds is 7. The summed E-state index contributed by atoms with van der Waals surface area (Å²) >= 11 is 0. The third kappa shape index (κ3) is 4.09. The molecule has 1 aliphatic rings. The zero-order chi connectivity index (χ0) is 14.3. The molecular formula is C13H24N2O4. The summed E-state index contributed by atoms with van der Waals surface area (Å²) in [6.45, 7) is 3.51. The number of hydrogen-bond acceptors (Lipinski definition) is 3. The first-order valence-electron chi connectivity index (χ1n) is 6.82. The van der Waals surface area contributed by atoms with Gasteiger partial charge in [0.1, 0.15) is 0 Å². The molecule has 1 unspecified atom stereocenters. The van der Waals surface area contributed by atoms with Crippen molar-refractivity contribution in [2.75, 3.05) is 26.8 Å². The number of carbonyl (C=O) groups excluding carboxylic acids is 1. The molecule has 0 aromatic heterocycles. The van der Waals surface area contributed by atoms with E-state index >= 15 is 0 Å². The molecule has 110 valence electrons. The van der Waals surface area contributed by atoms with Crippen LogP contribution in [0.4, 0.5) is 4.79 Å². The summed E-state index contributed by atoms with van der Waals surface area (Å²) in [6, 6.07) is -0.177. The Morgan fingerprint density at radius 3 is 2.79 bits per heavy atom. The first kappa shape index (κ1) is 15.8. The van der Waals surface area contributed by atoms with Gasteiger partial charge in [0, 0.05) is 20.2 Å². The van der Waals surface area contributed by atoms with Crippen LogP contribution in [0.1, 0.15) is 39.0 Å². The first-order chi connectivity index (χ1) is 9.05. The SMILES string of the molecule is CCCC1(COC)CCCN1C(=O)NCCC(=O)O. The second-order valence-electron chi connectivity index (χ2n) is 5.04. The van der Waals surface area contributed by atoms with Crippen molar-refractivity contribution in [1.82, 2.24) is 10.2 Å². The number of ether oxygens (including phenoxy) is 1. The Balaban J connectivity index is 2.62. The second-order valence-corrected chi connectivity index (χ2v) is 5.04. The molecule has 0 aromatic rings. The topological polar surface area (TPSA) is 78.9 Å². The van der Waals surface area contributed by atoms with Crippen molar-refractivity contribution in [3.63, 3.8) is 0 Å². The zero-order valence-corrected chi connectivity index (χ0v) is 11.8. The number of nitrogens with one attached hydrogen (secondary N) is 1. The number of likely N-dealkylation sites (tertiary alicyclic amines) is 1. The lowest BCUT2D eigenvalue weighted by molar-refractivity contribution is -0.136. The average Bonchev–Trinajstić information content (AvgIpc) is 2.73. The van der Waals surface area contributed by atoms with Crippen LogP contribution in [-0.2, 0) is 9.53 Å². The van der Waals surface area contributed by atoms with Crippen molar-refractivity contribution in [3.05, 3.63) is 0 Å². The summed E-state index contributed by atoms with van der Waals surface area (Å²) in [5.41, 5.74) is -0.225. The molecule has 6 nitrogen and oxygen atoms in total. The highest BCUT2D eigenvalue weighted by Gasteiger charge is 2.42. The average molecular weight is 272 g/mol. The number of aliphatic carboxylic acids is 1. The fourth-order valence-electron chi connectivity index (χ4n) is 2.84. The van der Waals surface area contributed by atoms with Gasteiger partial charge in [-0.05, 0) is 19.3 Å². The number of hydrogen-bond donors (Lipinski definition) is 2.